The second kappa shape index (κ2) is 5.92. The Morgan fingerprint density at radius 2 is 1.95 bits per heavy atom. The summed E-state index contributed by atoms with van der Waals surface area (Å²) in [6.45, 7) is 3.77. The van der Waals surface area contributed by atoms with E-state index in [1.54, 1.807) is 0 Å². The molecular weight excluding hydrogens is 278 g/mol. The van der Waals surface area contributed by atoms with Crippen molar-refractivity contribution in [1.29, 1.82) is 0 Å². The smallest absolute Gasteiger partial charge is 0.313 e. The number of hydrogen-bond acceptors (Lipinski definition) is 3. The van der Waals surface area contributed by atoms with Crippen LogP contribution < -0.4 is 0 Å². The first-order valence-corrected chi connectivity index (χ1v) is 7.00. The summed E-state index contributed by atoms with van der Waals surface area (Å²) in [6.07, 6.45) is 0.822. The summed E-state index contributed by atoms with van der Waals surface area (Å²) in [5.41, 5.74) is -0.236. The van der Waals surface area contributed by atoms with Gasteiger partial charge in [-0.3, -0.25) is 9.59 Å². The van der Waals surface area contributed by atoms with Crippen LogP contribution in [0.25, 0.3) is 0 Å². The van der Waals surface area contributed by atoms with Gasteiger partial charge in [-0.2, -0.15) is 0 Å². The Balaban J connectivity index is 2.15. The van der Waals surface area contributed by atoms with Crippen molar-refractivity contribution >= 4 is 11.8 Å². The molecule has 0 bridgehead atoms. The Hall–Kier alpha value is -1.78. The summed E-state index contributed by atoms with van der Waals surface area (Å²) in [4.78, 5) is 23.2. The van der Waals surface area contributed by atoms with Gasteiger partial charge in [-0.25, -0.2) is 8.78 Å². The van der Waals surface area contributed by atoms with E-state index in [1.807, 2.05) is 13.8 Å². The molecule has 3 nitrogen and oxygen atoms in total. The minimum absolute atomic E-state index is 0.0315. The van der Waals surface area contributed by atoms with Gasteiger partial charge < -0.3 is 4.74 Å². The molecule has 1 fully saturated rings. The van der Waals surface area contributed by atoms with Crippen molar-refractivity contribution in [3.63, 3.8) is 0 Å². The van der Waals surface area contributed by atoms with Gasteiger partial charge in [0.25, 0.3) is 0 Å². The first-order chi connectivity index (χ1) is 9.82. The van der Waals surface area contributed by atoms with E-state index in [-0.39, 0.29) is 24.5 Å². The summed E-state index contributed by atoms with van der Waals surface area (Å²) in [5, 5.41) is 0. The molecule has 0 N–H and O–H groups in total. The zero-order valence-corrected chi connectivity index (χ0v) is 12.1. The Kier molecular flexibility index (Phi) is 4.40. The molecule has 0 saturated carbocycles. The fourth-order valence-corrected chi connectivity index (χ4v) is 2.66. The molecule has 1 heterocycles. The van der Waals surface area contributed by atoms with Crippen LogP contribution >= 0.6 is 0 Å². The van der Waals surface area contributed by atoms with Crippen LogP contribution in [0.3, 0.4) is 0 Å². The summed E-state index contributed by atoms with van der Waals surface area (Å²) in [6, 6.07) is 3.71. The third kappa shape index (κ3) is 3.46. The lowest BCUT2D eigenvalue weighted by Gasteiger charge is -2.39. The van der Waals surface area contributed by atoms with Crippen molar-refractivity contribution in [2.75, 3.05) is 0 Å². The number of cyclic esters (lactones) is 1. The highest BCUT2D eigenvalue weighted by molar-refractivity contribution is 5.98. The maximum atomic E-state index is 13.2. The molecule has 0 aromatic heterocycles. The zero-order chi connectivity index (χ0) is 15.6. The average molecular weight is 296 g/mol. The number of Topliss-reactive ketones (excluding diaryl/α,β-unsaturated/α-hetero) is 1. The molecule has 1 aromatic rings. The number of carbonyl (C=O) groups is 2. The highest BCUT2D eigenvalue weighted by Gasteiger charge is 2.43. The predicted octanol–water partition coefficient (Wildman–Crippen LogP) is 3.20. The van der Waals surface area contributed by atoms with Crippen LogP contribution in [-0.4, -0.2) is 17.4 Å². The van der Waals surface area contributed by atoms with Gasteiger partial charge in [0.05, 0.1) is 0 Å². The molecule has 0 amide bonds. The molecule has 1 unspecified atom stereocenters. The number of halogens is 2. The number of aryl methyl sites for hydroxylation is 1. The van der Waals surface area contributed by atoms with Crippen LogP contribution in [-0.2, 0) is 20.7 Å². The second-order valence-corrected chi connectivity index (χ2v) is 5.83. The van der Waals surface area contributed by atoms with Crippen molar-refractivity contribution in [3.8, 4) is 0 Å². The van der Waals surface area contributed by atoms with Gasteiger partial charge in [0.2, 0.25) is 0 Å². The maximum Gasteiger partial charge on any atom is 0.313 e. The minimum Gasteiger partial charge on any atom is -0.458 e. The van der Waals surface area contributed by atoms with Crippen molar-refractivity contribution in [2.45, 2.75) is 45.1 Å². The molecule has 21 heavy (non-hydrogen) atoms. The van der Waals surface area contributed by atoms with Gasteiger partial charge in [0, 0.05) is 6.42 Å². The molecule has 114 valence electrons. The fraction of sp³-hybridized carbons (Fsp3) is 0.500. The topological polar surface area (TPSA) is 43.4 Å². The molecule has 1 atom stereocenters. The van der Waals surface area contributed by atoms with E-state index in [9.17, 15) is 18.4 Å². The van der Waals surface area contributed by atoms with Crippen LogP contribution in [0.2, 0.25) is 0 Å². The van der Waals surface area contributed by atoms with E-state index in [0.29, 0.717) is 18.4 Å². The number of benzene rings is 1. The van der Waals surface area contributed by atoms with Gasteiger partial charge in [-0.05, 0) is 36.5 Å². The standard InChI is InChI=1S/C16H18F2O3/c1-10(2)16(9-12(19)8-15(20)21-16)6-5-11-3-4-13(17)14(18)7-11/h3-4,7,10H,5-6,8-9H2,1-2H3. The molecule has 1 aliphatic heterocycles. The summed E-state index contributed by atoms with van der Waals surface area (Å²) in [7, 11) is 0. The molecule has 0 radical (unpaired) electrons. The van der Waals surface area contributed by atoms with E-state index in [4.69, 9.17) is 4.74 Å². The third-order valence-corrected chi connectivity index (χ3v) is 4.03. The van der Waals surface area contributed by atoms with Gasteiger partial charge in [-0.1, -0.05) is 19.9 Å². The Labute approximate surface area is 122 Å². The summed E-state index contributed by atoms with van der Waals surface area (Å²) >= 11 is 0. The van der Waals surface area contributed by atoms with Crippen molar-refractivity contribution in [1.82, 2.24) is 0 Å². The minimum atomic E-state index is -0.900. The van der Waals surface area contributed by atoms with Crippen molar-refractivity contribution in [2.24, 2.45) is 5.92 Å². The molecule has 0 aliphatic carbocycles. The van der Waals surface area contributed by atoms with Crippen molar-refractivity contribution < 1.29 is 23.1 Å². The lowest BCUT2D eigenvalue weighted by molar-refractivity contribution is -0.177. The molecule has 5 heteroatoms. The first-order valence-electron chi connectivity index (χ1n) is 7.00. The van der Waals surface area contributed by atoms with Crippen LogP contribution in [0, 0.1) is 17.6 Å². The van der Waals surface area contributed by atoms with E-state index in [0.717, 1.165) is 12.1 Å². The summed E-state index contributed by atoms with van der Waals surface area (Å²) < 4.78 is 31.6. The number of ketones is 1. The molecule has 2 rings (SSSR count). The lowest BCUT2D eigenvalue weighted by Crippen LogP contribution is -2.47. The quantitative estimate of drug-likeness (QED) is 0.633. The Morgan fingerprint density at radius 1 is 1.24 bits per heavy atom. The fourth-order valence-electron chi connectivity index (χ4n) is 2.66. The summed E-state index contributed by atoms with van der Waals surface area (Å²) in [5.74, 6) is -2.47. The molecule has 1 aromatic carbocycles. The monoisotopic (exact) mass is 296 g/mol. The highest BCUT2D eigenvalue weighted by atomic mass is 19.2. The van der Waals surface area contributed by atoms with Gasteiger partial charge in [0.15, 0.2) is 11.6 Å². The Bertz CT molecular complexity index is 551. The second-order valence-electron chi connectivity index (χ2n) is 5.83. The van der Waals surface area contributed by atoms with E-state index >= 15 is 0 Å². The van der Waals surface area contributed by atoms with Crippen LogP contribution in [0.15, 0.2) is 18.2 Å². The maximum absolute atomic E-state index is 13.2. The number of carbonyl (C=O) groups excluding carboxylic acids is 2. The van der Waals surface area contributed by atoms with Gasteiger partial charge >= 0.3 is 5.97 Å². The zero-order valence-electron chi connectivity index (χ0n) is 12.1. The molecule has 0 spiro atoms. The van der Waals surface area contributed by atoms with Crippen LogP contribution in [0.1, 0.15) is 38.7 Å². The number of ether oxygens (including phenoxy) is 1. The van der Waals surface area contributed by atoms with Crippen LogP contribution in [0.5, 0.6) is 0 Å². The first kappa shape index (κ1) is 15.6. The van der Waals surface area contributed by atoms with Crippen molar-refractivity contribution in [3.05, 3.63) is 35.4 Å². The number of hydrogen-bond donors (Lipinski definition) is 0. The van der Waals surface area contributed by atoms with E-state index in [1.165, 1.54) is 6.07 Å². The predicted molar refractivity (Wildman–Crippen MR) is 72.6 cm³/mol. The largest absolute Gasteiger partial charge is 0.458 e. The van der Waals surface area contributed by atoms with E-state index in [2.05, 4.69) is 0 Å². The molecule has 1 saturated heterocycles. The number of esters is 1. The van der Waals surface area contributed by atoms with Crippen LogP contribution in [0.4, 0.5) is 8.78 Å². The highest BCUT2D eigenvalue weighted by Crippen LogP contribution is 2.35. The Morgan fingerprint density at radius 3 is 2.52 bits per heavy atom. The SMILES string of the molecule is CC(C)C1(CCc2ccc(F)c(F)c2)CC(=O)CC(=O)O1. The molecular formula is C16H18F2O3. The van der Waals surface area contributed by atoms with Gasteiger partial charge in [0.1, 0.15) is 17.8 Å². The van der Waals surface area contributed by atoms with E-state index < -0.39 is 23.2 Å². The number of rotatable bonds is 4. The molecule has 1 aliphatic rings. The normalized spacial score (nSPS) is 22.5. The third-order valence-electron chi connectivity index (χ3n) is 4.03. The lowest BCUT2D eigenvalue weighted by atomic mass is 9.78. The van der Waals surface area contributed by atoms with Gasteiger partial charge in [-0.15, -0.1) is 0 Å². The average Bonchev–Trinajstić information content (AvgIpc) is 2.39.